The lowest BCUT2D eigenvalue weighted by Gasteiger charge is -2.32. The maximum Gasteiger partial charge on any atom is 0.234 e. The highest BCUT2D eigenvalue weighted by molar-refractivity contribution is 7.80. The molecule has 1 aromatic heterocycles. The monoisotopic (exact) mass is 405 g/mol. The number of nitrogens with one attached hydrogen (secondary N) is 2. The standard InChI is InChI=1S/C19H24ClN5OS/c1-13-6-5-9-25(12-13)16-10-17(26-2)23-18(22-16)24-19(27)21-11-14-7-3-4-8-15(14)20/h3-4,7-8,10,13H,5-6,9,11-12H2,1-2H3,(H2,21,22,23,24,27). The summed E-state index contributed by atoms with van der Waals surface area (Å²) < 4.78 is 5.34. The summed E-state index contributed by atoms with van der Waals surface area (Å²) in [6.07, 6.45) is 2.41. The molecule has 0 saturated carbocycles. The number of hydrogen-bond donors (Lipinski definition) is 2. The van der Waals surface area contributed by atoms with E-state index in [4.69, 9.17) is 28.6 Å². The van der Waals surface area contributed by atoms with Crippen LogP contribution in [0.1, 0.15) is 25.3 Å². The van der Waals surface area contributed by atoms with Gasteiger partial charge in [-0.25, -0.2) is 0 Å². The van der Waals surface area contributed by atoms with Crippen molar-refractivity contribution in [3.63, 3.8) is 0 Å². The number of aromatic nitrogens is 2. The number of thiocarbonyl (C=S) groups is 1. The quantitative estimate of drug-likeness (QED) is 0.732. The third-order valence-electron chi connectivity index (χ3n) is 4.50. The van der Waals surface area contributed by atoms with Crippen LogP contribution in [0.15, 0.2) is 30.3 Å². The third kappa shape index (κ3) is 5.43. The van der Waals surface area contributed by atoms with Crippen LogP contribution >= 0.6 is 23.8 Å². The van der Waals surface area contributed by atoms with Crippen LogP contribution in [-0.2, 0) is 6.54 Å². The Morgan fingerprint density at radius 1 is 1.37 bits per heavy atom. The van der Waals surface area contributed by atoms with Crippen molar-refractivity contribution in [3.05, 3.63) is 40.9 Å². The second kappa shape index (κ2) is 9.19. The molecule has 0 aliphatic carbocycles. The number of ether oxygens (including phenoxy) is 1. The van der Waals surface area contributed by atoms with Gasteiger partial charge in [0.2, 0.25) is 11.8 Å². The van der Waals surface area contributed by atoms with E-state index in [9.17, 15) is 0 Å². The Morgan fingerprint density at radius 3 is 2.93 bits per heavy atom. The zero-order valence-corrected chi connectivity index (χ0v) is 17.1. The fourth-order valence-electron chi connectivity index (χ4n) is 3.10. The van der Waals surface area contributed by atoms with Gasteiger partial charge in [-0.2, -0.15) is 9.97 Å². The Bertz CT molecular complexity index is 803. The van der Waals surface area contributed by atoms with Crippen LogP contribution in [0.25, 0.3) is 0 Å². The molecule has 27 heavy (non-hydrogen) atoms. The van der Waals surface area contributed by atoms with Gasteiger partial charge in [0.1, 0.15) is 5.82 Å². The average molecular weight is 406 g/mol. The van der Waals surface area contributed by atoms with Crippen LogP contribution in [0, 0.1) is 5.92 Å². The number of rotatable bonds is 5. The fraction of sp³-hybridized carbons (Fsp3) is 0.421. The van der Waals surface area contributed by atoms with Crippen molar-refractivity contribution >= 4 is 40.7 Å². The van der Waals surface area contributed by atoms with Gasteiger partial charge in [-0.15, -0.1) is 0 Å². The van der Waals surface area contributed by atoms with Gasteiger partial charge in [0.05, 0.1) is 7.11 Å². The molecule has 1 fully saturated rings. The van der Waals surface area contributed by atoms with E-state index in [0.717, 1.165) is 30.9 Å². The van der Waals surface area contributed by atoms with Crippen molar-refractivity contribution in [2.24, 2.45) is 5.92 Å². The molecule has 1 aliphatic rings. The molecular formula is C19H24ClN5OS. The second-order valence-corrected chi connectivity index (χ2v) is 7.50. The lowest BCUT2D eigenvalue weighted by atomic mass is 10.0. The Kier molecular flexibility index (Phi) is 6.68. The number of nitrogens with zero attached hydrogens (tertiary/aromatic N) is 3. The minimum Gasteiger partial charge on any atom is -0.481 e. The van der Waals surface area contributed by atoms with Crippen LogP contribution in [0.3, 0.4) is 0 Å². The summed E-state index contributed by atoms with van der Waals surface area (Å²) in [4.78, 5) is 11.2. The Hall–Kier alpha value is -2.12. The first kappa shape index (κ1) is 19.6. The van der Waals surface area contributed by atoms with Gasteiger partial charge in [0.25, 0.3) is 0 Å². The van der Waals surface area contributed by atoms with Crippen LogP contribution in [0.2, 0.25) is 5.02 Å². The zero-order valence-electron chi connectivity index (χ0n) is 15.5. The molecule has 1 atom stereocenters. The Morgan fingerprint density at radius 2 is 2.19 bits per heavy atom. The van der Waals surface area contributed by atoms with Crippen LogP contribution in [0.5, 0.6) is 5.88 Å². The first-order valence-electron chi connectivity index (χ1n) is 9.01. The predicted molar refractivity (Wildman–Crippen MR) is 114 cm³/mol. The molecule has 0 radical (unpaired) electrons. The highest BCUT2D eigenvalue weighted by Gasteiger charge is 2.19. The van der Waals surface area contributed by atoms with E-state index in [-0.39, 0.29) is 0 Å². The maximum absolute atomic E-state index is 6.18. The zero-order chi connectivity index (χ0) is 19.2. The third-order valence-corrected chi connectivity index (χ3v) is 5.12. The van der Waals surface area contributed by atoms with Gasteiger partial charge in [-0.05, 0) is 42.6 Å². The van der Waals surface area contributed by atoms with E-state index in [2.05, 4.69) is 32.4 Å². The normalized spacial score (nSPS) is 16.7. The molecular weight excluding hydrogens is 382 g/mol. The van der Waals surface area contributed by atoms with Crippen molar-refractivity contribution in [3.8, 4) is 5.88 Å². The van der Waals surface area contributed by atoms with E-state index in [1.54, 1.807) is 7.11 Å². The lowest BCUT2D eigenvalue weighted by molar-refractivity contribution is 0.396. The average Bonchev–Trinajstić information content (AvgIpc) is 2.67. The Balaban J connectivity index is 1.67. The van der Waals surface area contributed by atoms with E-state index < -0.39 is 0 Å². The van der Waals surface area contributed by atoms with Crippen LogP contribution in [-0.4, -0.2) is 35.3 Å². The summed E-state index contributed by atoms with van der Waals surface area (Å²) in [5.41, 5.74) is 0.970. The molecule has 2 heterocycles. The predicted octanol–water partition coefficient (Wildman–Crippen LogP) is 3.86. The molecule has 0 amide bonds. The molecule has 8 heteroatoms. The molecule has 1 aliphatic heterocycles. The molecule has 1 unspecified atom stereocenters. The first-order chi connectivity index (χ1) is 13.0. The summed E-state index contributed by atoms with van der Waals surface area (Å²) in [5, 5.41) is 7.31. The number of halogens is 1. The topological polar surface area (TPSA) is 62.3 Å². The molecule has 2 N–H and O–H groups in total. The number of benzene rings is 1. The van der Waals surface area contributed by atoms with Crippen LogP contribution < -0.4 is 20.3 Å². The number of piperidine rings is 1. The fourth-order valence-corrected chi connectivity index (χ4v) is 3.46. The van der Waals surface area contributed by atoms with Gasteiger partial charge < -0.3 is 20.3 Å². The number of hydrogen-bond acceptors (Lipinski definition) is 5. The van der Waals surface area contributed by atoms with Gasteiger partial charge >= 0.3 is 0 Å². The second-order valence-electron chi connectivity index (χ2n) is 6.68. The number of anilines is 2. The largest absolute Gasteiger partial charge is 0.481 e. The van der Waals surface area contributed by atoms with E-state index in [1.165, 1.54) is 6.42 Å². The van der Waals surface area contributed by atoms with E-state index in [1.807, 2.05) is 30.3 Å². The minimum atomic E-state index is 0.416. The van der Waals surface area contributed by atoms with Crippen molar-refractivity contribution in [1.29, 1.82) is 0 Å². The molecule has 144 valence electrons. The lowest BCUT2D eigenvalue weighted by Crippen LogP contribution is -2.35. The van der Waals surface area contributed by atoms with Crippen molar-refractivity contribution in [1.82, 2.24) is 15.3 Å². The molecule has 6 nitrogen and oxygen atoms in total. The van der Waals surface area contributed by atoms with Gasteiger partial charge in [0, 0.05) is 30.7 Å². The molecule has 3 rings (SSSR count). The first-order valence-corrected chi connectivity index (χ1v) is 9.80. The van der Waals surface area contributed by atoms with Crippen molar-refractivity contribution in [2.45, 2.75) is 26.3 Å². The van der Waals surface area contributed by atoms with E-state index >= 15 is 0 Å². The smallest absolute Gasteiger partial charge is 0.234 e. The molecule has 0 spiro atoms. The molecule has 1 aromatic carbocycles. The van der Waals surface area contributed by atoms with Crippen molar-refractivity contribution < 1.29 is 4.74 Å². The highest BCUT2D eigenvalue weighted by Crippen LogP contribution is 2.25. The summed E-state index contributed by atoms with van der Waals surface area (Å²) in [5.74, 6) is 2.42. The van der Waals surface area contributed by atoms with Crippen LogP contribution in [0.4, 0.5) is 11.8 Å². The van der Waals surface area contributed by atoms with E-state index in [0.29, 0.717) is 34.4 Å². The molecule has 0 bridgehead atoms. The van der Waals surface area contributed by atoms with Crippen molar-refractivity contribution in [2.75, 3.05) is 30.4 Å². The SMILES string of the molecule is COc1cc(N2CCCC(C)C2)nc(NC(=S)NCc2ccccc2Cl)n1. The van der Waals surface area contributed by atoms with Gasteiger partial charge in [-0.3, -0.25) is 0 Å². The molecule has 1 saturated heterocycles. The summed E-state index contributed by atoms with van der Waals surface area (Å²) >= 11 is 11.6. The summed E-state index contributed by atoms with van der Waals surface area (Å²) in [6.45, 7) is 4.75. The Labute approximate surface area is 170 Å². The number of methoxy groups -OCH3 is 1. The summed E-state index contributed by atoms with van der Waals surface area (Å²) in [7, 11) is 1.60. The molecule has 2 aromatic rings. The maximum atomic E-state index is 6.18. The summed E-state index contributed by atoms with van der Waals surface area (Å²) in [6, 6.07) is 9.51. The van der Waals surface area contributed by atoms with Gasteiger partial charge in [0.15, 0.2) is 5.11 Å². The minimum absolute atomic E-state index is 0.416. The highest BCUT2D eigenvalue weighted by atomic mass is 35.5. The van der Waals surface area contributed by atoms with Gasteiger partial charge in [-0.1, -0.05) is 36.7 Å².